The predicted octanol–water partition coefficient (Wildman–Crippen LogP) is 2.28. The fourth-order valence-corrected chi connectivity index (χ4v) is 3.00. The second kappa shape index (κ2) is 9.53. The van der Waals surface area contributed by atoms with Crippen LogP contribution in [-0.2, 0) is 0 Å². The van der Waals surface area contributed by atoms with E-state index in [1.165, 1.54) is 12.8 Å². The van der Waals surface area contributed by atoms with Gasteiger partial charge in [-0.2, -0.15) is 0 Å². The monoisotopic (exact) mass is 319 g/mol. The SMILES string of the molecule is CCCC(O)CNC(=O)NC(CN1CCCC1)c1ccccc1. The molecule has 0 aromatic heterocycles. The highest BCUT2D eigenvalue weighted by Gasteiger charge is 2.20. The van der Waals surface area contributed by atoms with E-state index in [0.29, 0.717) is 13.0 Å². The number of urea groups is 1. The van der Waals surface area contributed by atoms with Crippen molar-refractivity contribution in [3.05, 3.63) is 35.9 Å². The maximum absolute atomic E-state index is 12.2. The van der Waals surface area contributed by atoms with Gasteiger partial charge in [0, 0.05) is 13.1 Å². The fourth-order valence-electron chi connectivity index (χ4n) is 3.00. The van der Waals surface area contributed by atoms with Crippen LogP contribution >= 0.6 is 0 Å². The summed E-state index contributed by atoms with van der Waals surface area (Å²) in [5.74, 6) is 0. The molecule has 0 radical (unpaired) electrons. The number of rotatable bonds is 8. The van der Waals surface area contributed by atoms with Gasteiger partial charge in [-0.15, -0.1) is 0 Å². The first-order chi connectivity index (χ1) is 11.2. The Labute approximate surface area is 139 Å². The molecule has 128 valence electrons. The van der Waals surface area contributed by atoms with Gasteiger partial charge in [-0.25, -0.2) is 4.79 Å². The van der Waals surface area contributed by atoms with Gasteiger partial charge in [0.1, 0.15) is 0 Å². The third kappa shape index (κ3) is 6.20. The summed E-state index contributed by atoms with van der Waals surface area (Å²) < 4.78 is 0. The average Bonchev–Trinajstić information content (AvgIpc) is 3.06. The third-order valence-electron chi connectivity index (χ3n) is 4.27. The zero-order valence-corrected chi connectivity index (χ0v) is 14.0. The normalized spacial score (nSPS) is 17.7. The number of hydrogen-bond acceptors (Lipinski definition) is 3. The quantitative estimate of drug-likeness (QED) is 0.689. The van der Waals surface area contributed by atoms with Gasteiger partial charge in [-0.1, -0.05) is 43.7 Å². The van der Waals surface area contributed by atoms with Crippen LogP contribution in [0.25, 0.3) is 0 Å². The van der Waals surface area contributed by atoms with E-state index in [0.717, 1.165) is 31.6 Å². The van der Waals surface area contributed by atoms with E-state index in [2.05, 4.69) is 15.5 Å². The Bertz CT molecular complexity index is 461. The summed E-state index contributed by atoms with van der Waals surface area (Å²) in [6.07, 6.45) is 3.61. The Morgan fingerprint density at radius 3 is 2.61 bits per heavy atom. The van der Waals surface area contributed by atoms with Crippen molar-refractivity contribution in [1.82, 2.24) is 15.5 Å². The van der Waals surface area contributed by atoms with Crippen molar-refractivity contribution in [2.75, 3.05) is 26.2 Å². The third-order valence-corrected chi connectivity index (χ3v) is 4.27. The predicted molar refractivity (Wildman–Crippen MR) is 92.3 cm³/mol. The van der Waals surface area contributed by atoms with Crippen molar-refractivity contribution in [1.29, 1.82) is 0 Å². The summed E-state index contributed by atoms with van der Waals surface area (Å²) in [4.78, 5) is 14.6. The van der Waals surface area contributed by atoms with Gasteiger partial charge in [-0.05, 0) is 37.9 Å². The Morgan fingerprint density at radius 2 is 1.96 bits per heavy atom. The van der Waals surface area contributed by atoms with Gasteiger partial charge in [0.2, 0.25) is 0 Å². The van der Waals surface area contributed by atoms with E-state index >= 15 is 0 Å². The summed E-state index contributed by atoms with van der Waals surface area (Å²) in [6.45, 7) is 5.34. The number of hydrogen-bond donors (Lipinski definition) is 3. The Hall–Kier alpha value is -1.59. The second-order valence-corrected chi connectivity index (χ2v) is 6.27. The zero-order chi connectivity index (χ0) is 16.5. The van der Waals surface area contributed by atoms with Gasteiger partial charge in [0.25, 0.3) is 0 Å². The summed E-state index contributed by atoms with van der Waals surface area (Å²) in [6, 6.07) is 9.83. The Morgan fingerprint density at radius 1 is 1.26 bits per heavy atom. The molecule has 5 heteroatoms. The second-order valence-electron chi connectivity index (χ2n) is 6.27. The van der Waals surface area contributed by atoms with Crippen molar-refractivity contribution in [3.63, 3.8) is 0 Å². The first-order valence-electron chi connectivity index (χ1n) is 8.68. The highest BCUT2D eigenvalue weighted by atomic mass is 16.3. The van der Waals surface area contributed by atoms with Crippen LogP contribution in [0.5, 0.6) is 0 Å². The number of aliphatic hydroxyl groups is 1. The molecule has 5 nitrogen and oxygen atoms in total. The lowest BCUT2D eigenvalue weighted by Gasteiger charge is -2.25. The van der Waals surface area contributed by atoms with Gasteiger partial charge < -0.3 is 20.6 Å². The van der Waals surface area contributed by atoms with Crippen molar-refractivity contribution in [2.24, 2.45) is 0 Å². The molecular formula is C18H29N3O2. The van der Waals surface area contributed by atoms with Crippen LogP contribution < -0.4 is 10.6 Å². The highest BCUT2D eigenvalue weighted by molar-refractivity contribution is 5.74. The standard InChI is InChI=1S/C18H29N3O2/c1-2-8-16(22)13-19-18(23)20-17(14-21-11-6-7-12-21)15-9-4-3-5-10-15/h3-5,9-10,16-17,22H,2,6-8,11-14H2,1H3,(H2,19,20,23). The average molecular weight is 319 g/mol. The molecular weight excluding hydrogens is 290 g/mol. The number of carbonyl (C=O) groups excluding carboxylic acids is 1. The number of aliphatic hydroxyl groups excluding tert-OH is 1. The van der Waals surface area contributed by atoms with E-state index < -0.39 is 6.10 Å². The first-order valence-corrected chi connectivity index (χ1v) is 8.68. The fraction of sp³-hybridized carbons (Fsp3) is 0.611. The van der Waals surface area contributed by atoms with Crippen LogP contribution in [-0.4, -0.2) is 48.3 Å². The van der Waals surface area contributed by atoms with E-state index in [9.17, 15) is 9.90 Å². The van der Waals surface area contributed by atoms with Crippen molar-refractivity contribution in [2.45, 2.75) is 44.8 Å². The molecule has 2 atom stereocenters. The molecule has 3 N–H and O–H groups in total. The molecule has 23 heavy (non-hydrogen) atoms. The van der Waals surface area contributed by atoms with Gasteiger partial charge in [0.05, 0.1) is 12.1 Å². The van der Waals surface area contributed by atoms with E-state index in [4.69, 9.17) is 0 Å². The molecule has 0 aliphatic carbocycles. The summed E-state index contributed by atoms with van der Waals surface area (Å²) in [5.41, 5.74) is 1.11. The minimum atomic E-state index is -0.473. The van der Waals surface area contributed by atoms with Crippen LogP contribution in [0.1, 0.15) is 44.2 Å². The largest absolute Gasteiger partial charge is 0.391 e. The van der Waals surface area contributed by atoms with Crippen molar-refractivity contribution < 1.29 is 9.90 Å². The van der Waals surface area contributed by atoms with Crippen LogP contribution in [0.2, 0.25) is 0 Å². The molecule has 1 heterocycles. The van der Waals surface area contributed by atoms with Gasteiger partial charge >= 0.3 is 6.03 Å². The minimum absolute atomic E-state index is 0.0300. The lowest BCUT2D eigenvalue weighted by atomic mass is 10.1. The summed E-state index contributed by atoms with van der Waals surface area (Å²) in [7, 11) is 0. The van der Waals surface area contributed by atoms with Gasteiger partial charge in [0.15, 0.2) is 0 Å². The molecule has 1 aliphatic rings. The maximum Gasteiger partial charge on any atom is 0.315 e. The van der Waals surface area contributed by atoms with Crippen LogP contribution in [0, 0.1) is 0 Å². The summed E-state index contributed by atoms with van der Waals surface area (Å²) in [5, 5.41) is 15.6. The zero-order valence-electron chi connectivity index (χ0n) is 14.0. The molecule has 0 bridgehead atoms. The number of likely N-dealkylation sites (tertiary alicyclic amines) is 1. The Kier molecular flexibility index (Phi) is 7.36. The highest BCUT2D eigenvalue weighted by Crippen LogP contribution is 2.17. The Balaban J connectivity index is 1.90. The van der Waals surface area contributed by atoms with Gasteiger partial charge in [-0.3, -0.25) is 0 Å². The lowest BCUT2D eigenvalue weighted by molar-refractivity contribution is 0.159. The molecule has 1 aromatic rings. The number of benzene rings is 1. The topological polar surface area (TPSA) is 64.6 Å². The molecule has 1 fully saturated rings. The number of carbonyl (C=O) groups is 1. The van der Waals surface area contributed by atoms with E-state index in [1.807, 2.05) is 37.3 Å². The molecule has 1 aliphatic heterocycles. The van der Waals surface area contributed by atoms with Crippen molar-refractivity contribution >= 4 is 6.03 Å². The number of nitrogens with one attached hydrogen (secondary N) is 2. The molecule has 1 aromatic carbocycles. The first kappa shape index (κ1) is 17.8. The molecule has 1 saturated heterocycles. The maximum atomic E-state index is 12.2. The minimum Gasteiger partial charge on any atom is -0.391 e. The number of nitrogens with zero attached hydrogens (tertiary/aromatic N) is 1. The van der Waals surface area contributed by atoms with E-state index in [-0.39, 0.29) is 12.1 Å². The molecule has 0 spiro atoms. The lowest BCUT2D eigenvalue weighted by Crippen LogP contribution is -2.44. The molecule has 2 rings (SSSR count). The van der Waals surface area contributed by atoms with Crippen LogP contribution in [0.15, 0.2) is 30.3 Å². The summed E-state index contributed by atoms with van der Waals surface area (Å²) >= 11 is 0. The van der Waals surface area contributed by atoms with Crippen LogP contribution in [0.4, 0.5) is 4.79 Å². The molecule has 2 amide bonds. The molecule has 2 unspecified atom stereocenters. The van der Waals surface area contributed by atoms with E-state index in [1.54, 1.807) is 0 Å². The molecule has 0 saturated carbocycles. The number of amides is 2. The van der Waals surface area contributed by atoms with Crippen molar-refractivity contribution in [3.8, 4) is 0 Å². The smallest absolute Gasteiger partial charge is 0.315 e. The van der Waals surface area contributed by atoms with Crippen LogP contribution in [0.3, 0.4) is 0 Å².